The Morgan fingerprint density at radius 1 is 1.32 bits per heavy atom. The molecule has 22 heavy (non-hydrogen) atoms. The predicted octanol–water partition coefficient (Wildman–Crippen LogP) is 3.39. The maximum absolute atomic E-state index is 12.9. The zero-order valence-electron chi connectivity index (χ0n) is 13.2. The first-order valence-electron chi connectivity index (χ1n) is 7.59. The maximum atomic E-state index is 12.9. The summed E-state index contributed by atoms with van der Waals surface area (Å²) >= 11 is 5.99. The third kappa shape index (κ3) is 3.46. The summed E-state index contributed by atoms with van der Waals surface area (Å²) in [4.78, 5) is 14.7. The number of carbonyl (C=O) groups is 1. The second kappa shape index (κ2) is 6.59. The van der Waals surface area contributed by atoms with Crippen molar-refractivity contribution in [2.24, 2.45) is 5.92 Å². The van der Waals surface area contributed by atoms with Gasteiger partial charge in [-0.3, -0.25) is 4.79 Å². The number of amides is 1. The van der Waals surface area contributed by atoms with Gasteiger partial charge in [-0.05, 0) is 43.9 Å². The summed E-state index contributed by atoms with van der Waals surface area (Å²) in [5.74, 6) is 0.139. The number of rotatable bonds is 3. The molecule has 0 radical (unpaired) electrons. The maximum Gasteiger partial charge on any atom is 0.255 e. The first-order chi connectivity index (χ1) is 10.3. The number of hydrogen-bond donors (Lipinski definition) is 0. The number of sulfone groups is 1. The molecule has 2 atom stereocenters. The van der Waals surface area contributed by atoms with Crippen LogP contribution in [0.25, 0.3) is 0 Å². The van der Waals surface area contributed by atoms with Crippen molar-refractivity contribution in [2.45, 2.75) is 44.6 Å². The van der Waals surface area contributed by atoms with E-state index < -0.39 is 9.84 Å². The molecule has 2 rings (SSSR count). The largest absolute Gasteiger partial charge is 0.336 e. The van der Waals surface area contributed by atoms with Crippen LogP contribution in [0.4, 0.5) is 0 Å². The van der Waals surface area contributed by atoms with Gasteiger partial charge in [-0.15, -0.1) is 0 Å². The number of benzene rings is 1. The molecular formula is C16H22ClNO3S. The van der Waals surface area contributed by atoms with E-state index in [2.05, 4.69) is 6.92 Å². The Morgan fingerprint density at radius 3 is 2.64 bits per heavy atom. The SMILES string of the molecule is CCS(=O)(=O)c1ccc(Cl)cc1C(=O)N1C[C@H](C)CC[C@@H]1C. The normalized spacial score (nSPS) is 22.6. The minimum Gasteiger partial charge on any atom is -0.336 e. The van der Waals surface area contributed by atoms with Crippen LogP contribution in [-0.4, -0.2) is 37.6 Å². The standard InChI is InChI=1S/C16H22ClNO3S/c1-4-22(20,21)15-8-7-13(17)9-14(15)16(19)18-10-11(2)5-6-12(18)3/h7-9,11-12H,4-6,10H2,1-3H3/t11-,12+/m1/s1. The zero-order valence-corrected chi connectivity index (χ0v) is 14.7. The molecule has 0 unspecified atom stereocenters. The quantitative estimate of drug-likeness (QED) is 0.845. The van der Waals surface area contributed by atoms with Crippen LogP contribution < -0.4 is 0 Å². The molecule has 122 valence electrons. The highest BCUT2D eigenvalue weighted by Crippen LogP contribution is 2.27. The summed E-state index contributed by atoms with van der Waals surface area (Å²) in [5.41, 5.74) is 0.190. The lowest BCUT2D eigenvalue weighted by atomic mass is 9.94. The second-order valence-corrected chi connectivity index (χ2v) is 8.72. The molecule has 0 N–H and O–H groups in total. The highest BCUT2D eigenvalue weighted by molar-refractivity contribution is 7.91. The molecule has 1 aliphatic heterocycles. The molecule has 1 aromatic carbocycles. The minimum atomic E-state index is -3.47. The van der Waals surface area contributed by atoms with E-state index in [1.54, 1.807) is 11.8 Å². The van der Waals surface area contributed by atoms with Crippen LogP contribution in [0.1, 0.15) is 44.0 Å². The van der Waals surface area contributed by atoms with Gasteiger partial charge in [-0.1, -0.05) is 25.4 Å². The molecule has 1 aromatic rings. The van der Waals surface area contributed by atoms with Crippen molar-refractivity contribution in [1.82, 2.24) is 4.90 Å². The van der Waals surface area contributed by atoms with Gasteiger partial charge < -0.3 is 4.90 Å². The van der Waals surface area contributed by atoms with Crippen molar-refractivity contribution >= 4 is 27.3 Å². The van der Waals surface area contributed by atoms with E-state index >= 15 is 0 Å². The first kappa shape index (κ1) is 17.3. The molecule has 0 aromatic heterocycles. The molecule has 0 spiro atoms. The van der Waals surface area contributed by atoms with Crippen LogP contribution in [0.15, 0.2) is 23.1 Å². The van der Waals surface area contributed by atoms with E-state index in [9.17, 15) is 13.2 Å². The zero-order chi connectivity index (χ0) is 16.5. The summed E-state index contributed by atoms with van der Waals surface area (Å²) < 4.78 is 24.5. The van der Waals surface area contributed by atoms with Gasteiger partial charge in [0.1, 0.15) is 0 Å². The average molecular weight is 344 g/mol. The van der Waals surface area contributed by atoms with Crippen molar-refractivity contribution in [3.8, 4) is 0 Å². The molecule has 1 aliphatic rings. The van der Waals surface area contributed by atoms with Crippen molar-refractivity contribution in [3.05, 3.63) is 28.8 Å². The van der Waals surface area contributed by atoms with Crippen molar-refractivity contribution in [3.63, 3.8) is 0 Å². The fourth-order valence-electron chi connectivity index (χ4n) is 2.82. The van der Waals surface area contributed by atoms with Crippen LogP contribution in [0, 0.1) is 5.92 Å². The fraction of sp³-hybridized carbons (Fsp3) is 0.562. The Kier molecular flexibility index (Phi) is 5.17. The van der Waals surface area contributed by atoms with Crippen LogP contribution in [-0.2, 0) is 9.84 Å². The second-order valence-electron chi connectivity index (χ2n) is 6.03. The molecule has 0 bridgehead atoms. The molecule has 1 heterocycles. The van der Waals surface area contributed by atoms with E-state index in [0.29, 0.717) is 17.5 Å². The molecular weight excluding hydrogens is 322 g/mol. The third-order valence-electron chi connectivity index (χ3n) is 4.27. The minimum absolute atomic E-state index is 0.0408. The van der Waals surface area contributed by atoms with Crippen LogP contribution in [0.2, 0.25) is 5.02 Å². The Labute approximate surface area is 137 Å². The number of piperidine rings is 1. The van der Waals surface area contributed by atoms with Crippen LogP contribution >= 0.6 is 11.6 Å². The van der Waals surface area contributed by atoms with E-state index in [4.69, 9.17) is 11.6 Å². The van der Waals surface area contributed by atoms with Crippen LogP contribution in [0.5, 0.6) is 0 Å². The first-order valence-corrected chi connectivity index (χ1v) is 9.62. The predicted molar refractivity (Wildman–Crippen MR) is 88.1 cm³/mol. The van der Waals surface area contributed by atoms with Gasteiger partial charge >= 0.3 is 0 Å². The lowest BCUT2D eigenvalue weighted by molar-refractivity contribution is 0.0570. The number of hydrogen-bond acceptors (Lipinski definition) is 3. The summed E-state index contributed by atoms with van der Waals surface area (Å²) in [5, 5.41) is 0.371. The van der Waals surface area contributed by atoms with Gasteiger partial charge in [0.2, 0.25) is 0 Å². The van der Waals surface area contributed by atoms with Gasteiger partial charge in [0, 0.05) is 17.6 Å². The van der Waals surface area contributed by atoms with Crippen molar-refractivity contribution < 1.29 is 13.2 Å². The summed E-state index contributed by atoms with van der Waals surface area (Å²) in [6, 6.07) is 4.54. The van der Waals surface area contributed by atoms with Crippen molar-refractivity contribution in [1.29, 1.82) is 0 Å². The number of likely N-dealkylation sites (tertiary alicyclic amines) is 1. The number of halogens is 1. The van der Waals surface area contributed by atoms with E-state index in [0.717, 1.165) is 12.8 Å². The average Bonchev–Trinajstić information content (AvgIpc) is 2.48. The molecule has 0 saturated carbocycles. The topological polar surface area (TPSA) is 54.5 Å². The summed E-state index contributed by atoms with van der Waals surface area (Å²) in [6.45, 7) is 6.33. The number of carbonyl (C=O) groups excluding carboxylic acids is 1. The van der Waals surface area contributed by atoms with Gasteiger partial charge in [0.05, 0.1) is 16.2 Å². The lowest BCUT2D eigenvalue weighted by Gasteiger charge is -2.37. The van der Waals surface area contributed by atoms with E-state index in [1.165, 1.54) is 18.2 Å². The van der Waals surface area contributed by atoms with Crippen LogP contribution in [0.3, 0.4) is 0 Å². The highest BCUT2D eigenvalue weighted by atomic mass is 35.5. The van der Waals surface area contributed by atoms with Crippen molar-refractivity contribution in [2.75, 3.05) is 12.3 Å². The smallest absolute Gasteiger partial charge is 0.255 e. The van der Waals surface area contributed by atoms with Gasteiger partial charge in [-0.2, -0.15) is 0 Å². The fourth-order valence-corrected chi connectivity index (χ4v) is 4.06. The van der Waals surface area contributed by atoms with Gasteiger partial charge in [0.15, 0.2) is 9.84 Å². The Balaban J connectivity index is 2.47. The molecule has 1 saturated heterocycles. The molecule has 0 aliphatic carbocycles. The molecule has 4 nitrogen and oxygen atoms in total. The third-order valence-corrected chi connectivity index (χ3v) is 6.29. The Hall–Kier alpha value is -1.07. The van der Waals surface area contributed by atoms with Gasteiger partial charge in [0.25, 0.3) is 5.91 Å². The lowest BCUT2D eigenvalue weighted by Crippen LogP contribution is -2.45. The summed E-state index contributed by atoms with van der Waals surface area (Å²) in [7, 11) is -3.47. The molecule has 1 amide bonds. The molecule has 1 fully saturated rings. The Morgan fingerprint density at radius 2 is 2.00 bits per heavy atom. The monoisotopic (exact) mass is 343 g/mol. The highest BCUT2D eigenvalue weighted by Gasteiger charge is 2.31. The molecule has 6 heteroatoms. The van der Waals surface area contributed by atoms with E-state index in [-0.39, 0.29) is 28.2 Å². The van der Waals surface area contributed by atoms with E-state index in [1.807, 2.05) is 6.92 Å². The Bertz CT molecular complexity index is 672. The van der Waals surface area contributed by atoms with Gasteiger partial charge in [-0.25, -0.2) is 8.42 Å². The number of nitrogens with zero attached hydrogens (tertiary/aromatic N) is 1. The summed E-state index contributed by atoms with van der Waals surface area (Å²) in [6.07, 6.45) is 2.02.